The number of methoxy groups -OCH3 is 1. The summed E-state index contributed by atoms with van der Waals surface area (Å²) < 4.78 is 5.35. The third-order valence-electron chi connectivity index (χ3n) is 3.89. The molecule has 0 amide bonds. The highest BCUT2D eigenvalue weighted by Gasteiger charge is 2.23. The number of rotatable bonds is 4. The van der Waals surface area contributed by atoms with Crippen LogP contribution >= 0.6 is 0 Å². The average Bonchev–Trinajstić information content (AvgIpc) is 2.77. The maximum atomic E-state index is 12.3. The monoisotopic (exact) mass is 243 g/mol. The molecule has 1 aliphatic rings. The summed E-state index contributed by atoms with van der Waals surface area (Å²) in [5, 5.41) is 0.921. The molecule has 0 aliphatic heterocycles. The highest BCUT2D eigenvalue weighted by molar-refractivity contribution is 6.10. The lowest BCUT2D eigenvalue weighted by molar-refractivity contribution is 0.0938. The SMILES string of the molecule is COc1cccc2[nH]cc(C(=O)CC3CCC3)c12. The normalized spacial score (nSPS) is 15.6. The molecule has 3 rings (SSSR count). The van der Waals surface area contributed by atoms with Crippen LogP contribution in [0.5, 0.6) is 5.75 Å². The Labute approximate surface area is 106 Å². The van der Waals surface area contributed by atoms with Crippen LogP contribution in [0, 0.1) is 5.92 Å². The van der Waals surface area contributed by atoms with Crippen molar-refractivity contribution in [1.29, 1.82) is 0 Å². The van der Waals surface area contributed by atoms with Crippen LogP contribution in [0.3, 0.4) is 0 Å². The van der Waals surface area contributed by atoms with Crippen LogP contribution in [0.4, 0.5) is 0 Å². The molecule has 0 saturated heterocycles. The Kier molecular flexibility index (Phi) is 2.82. The van der Waals surface area contributed by atoms with Crippen LogP contribution in [-0.2, 0) is 0 Å². The van der Waals surface area contributed by atoms with E-state index in [-0.39, 0.29) is 5.78 Å². The quantitative estimate of drug-likeness (QED) is 0.834. The number of aromatic nitrogens is 1. The molecule has 0 unspecified atom stereocenters. The molecule has 1 saturated carbocycles. The van der Waals surface area contributed by atoms with Gasteiger partial charge in [-0.3, -0.25) is 4.79 Å². The summed E-state index contributed by atoms with van der Waals surface area (Å²) in [4.78, 5) is 15.5. The van der Waals surface area contributed by atoms with Gasteiger partial charge in [0.15, 0.2) is 5.78 Å². The number of Topliss-reactive ketones (excluding diaryl/α,β-unsaturated/α-hetero) is 1. The molecule has 3 nitrogen and oxygen atoms in total. The zero-order valence-corrected chi connectivity index (χ0v) is 10.5. The molecular weight excluding hydrogens is 226 g/mol. The van der Waals surface area contributed by atoms with E-state index in [0.717, 1.165) is 22.2 Å². The Bertz CT molecular complexity index is 581. The second kappa shape index (κ2) is 4.48. The Balaban J connectivity index is 1.97. The number of aromatic amines is 1. The standard InChI is InChI=1S/C15H17NO2/c1-18-14-7-3-6-12-15(14)11(9-16-12)13(17)8-10-4-2-5-10/h3,6-7,9-10,16H,2,4-5,8H2,1H3. The number of ketones is 1. The Morgan fingerprint density at radius 3 is 2.94 bits per heavy atom. The summed E-state index contributed by atoms with van der Waals surface area (Å²) in [6, 6.07) is 5.80. The van der Waals surface area contributed by atoms with Crippen LogP contribution in [0.15, 0.2) is 24.4 Å². The molecule has 0 atom stereocenters. The number of ether oxygens (including phenoxy) is 1. The Hall–Kier alpha value is -1.77. The van der Waals surface area contributed by atoms with Gasteiger partial charge in [0, 0.05) is 23.7 Å². The first kappa shape index (κ1) is 11.3. The maximum absolute atomic E-state index is 12.3. The summed E-state index contributed by atoms with van der Waals surface area (Å²) in [7, 11) is 1.64. The van der Waals surface area contributed by atoms with E-state index >= 15 is 0 Å². The molecule has 94 valence electrons. The summed E-state index contributed by atoms with van der Waals surface area (Å²) in [6.07, 6.45) is 6.16. The molecule has 1 N–H and O–H groups in total. The van der Waals surface area contributed by atoms with E-state index in [4.69, 9.17) is 4.74 Å². The van der Waals surface area contributed by atoms with Crippen molar-refractivity contribution in [3.63, 3.8) is 0 Å². The second-order valence-electron chi connectivity index (χ2n) is 5.01. The van der Waals surface area contributed by atoms with Crippen molar-refractivity contribution in [3.05, 3.63) is 30.0 Å². The molecule has 1 aromatic heterocycles. The summed E-state index contributed by atoms with van der Waals surface area (Å²) in [5.74, 6) is 1.60. The third-order valence-corrected chi connectivity index (χ3v) is 3.89. The van der Waals surface area contributed by atoms with Crippen LogP contribution in [0.2, 0.25) is 0 Å². The Morgan fingerprint density at radius 2 is 2.28 bits per heavy atom. The minimum absolute atomic E-state index is 0.232. The molecular formula is C15H17NO2. The first-order chi connectivity index (χ1) is 8.79. The first-order valence-electron chi connectivity index (χ1n) is 6.47. The number of nitrogens with one attached hydrogen (secondary N) is 1. The zero-order valence-electron chi connectivity index (χ0n) is 10.5. The number of fused-ring (bicyclic) bond motifs is 1. The highest BCUT2D eigenvalue weighted by Crippen LogP contribution is 2.34. The number of hydrogen-bond donors (Lipinski definition) is 1. The lowest BCUT2D eigenvalue weighted by Crippen LogP contribution is -2.15. The number of carbonyl (C=O) groups excluding carboxylic acids is 1. The second-order valence-corrected chi connectivity index (χ2v) is 5.01. The van der Waals surface area contributed by atoms with E-state index in [1.165, 1.54) is 19.3 Å². The van der Waals surface area contributed by atoms with Gasteiger partial charge in [0.05, 0.1) is 12.5 Å². The van der Waals surface area contributed by atoms with Crippen molar-refractivity contribution in [1.82, 2.24) is 4.98 Å². The van der Waals surface area contributed by atoms with Gasteiger partial charge in [0.2, 0.25) is 0 Å². The van der Waals surface area contributed by atoms with E-state index in [0.29, 0.717) is 12.3 Å². The number of H-pyrrole nitrogens is 1. The number of hydrogen-bond acceptors (Lipinski definition) is 2. The summed E-state index contributed by atoms with van der Waals surface area (Å²) in [6.45, 7) is 0. The largest absolute Gasteiger partial charge is 0.496 e. The minimum Gasteiger partial charge on any atom is -0.496 e. The van der Waals surface area contributed by atoms with Gasteiger partial charge < -0.3 is 9.72 Å². The zero-order chi connectivity index (χ0) is 12.5. The fourth-order valence-corrected chi connectivity index (χ4v) is 2.61. The van der Waals surface area contributed by atoms with Crippen molar-refractivity contribution in [2.24, 2.45) is 5.92 Å². The molecule has 1 aromatic carbocycles. The molecule has 0 radical (unpaired) electrons. The fourth-order valence-electron chi connectivity index (χ4n) is 2.61. The summed E-state index contributed by atoms with van der Waals surface area (Å²) >= 11 is 0. The van der Waals surface area contributed by atoms with Gasteiger partial charge >= 0.3 is 0 Å². The van der Waals surface area contributed by atoms with E-state index in [2.05, 4.69) is 4.98 Å². The smallest absolute Gasteiger partial charge is 0.165 e. The van der Waals surface area contributed by atoms with Gasteiger partial charge in [-0.1, -0.05) is 25.3 Å². The predicted molar refractivity (Wildman–Crippen MR) is 71.1 cm³/mol. The average molecular weight is 243 g/mol. The fraction of sp³-hybridized carbons (Fsp3) is 0.400. The van der Waals surface area contributed by atoms with Crippen molar-refractivity contribution in [2.75, 3.05) is 7.11 Å². The first-order valence-corrected chi connectivity index (χ1v) is 6.47. The maximum Gasteiger partial charge on any atom is 0.165 e. The van der Waals surface area contributed by atoms with Crippen LogP contribution in [0.1, 0.15) is 36.0 Å². The molecule has 2 aromatic rings. The van der Waals surface area contributed by atoms with E-state index < -0.39 is 0 Å². The van der Waals surface area contributed by atoms with E-state index in [1.54, 1.807) is 7.11 Å². The van der Waals surface area contributed by atoms with Crippen LogP contribution in [-0.4, -0.2) is 17.9 Å². The molecule has 3 heteroatoms. The topological polar surface area (TPSA) is 42.1 Å². The predicted octanol–water partition coefficient (Wildman–Crippen LogP) is 3.55. The molecule has 1 heterocycles. The molecule has 0 spiro atoms. The van der Waals surface area contributed by atoms with Crippen LogP contribution in [0.25, 0.3) is 10.9 Å². The lowest BCUT2D eigenvalue weighted by Gasteiger charge is -2.24. The van der Waals surface area contributed by atoms with Gasteiger partial charge in [-0.2, -0.15) is 0 Å². The van der Waals surface area contributed by atoms with Crippen LogP contribution < -0.4 is 4.74 Å². The summed E-state index contributed by atoms with van der Waals surface area (Å²) in [5.41, 5.74) is 1.74. The molecule has 1 fully saturated rings. The van der Waals surface area contributed by atoms with E-state index in [9.17, 15) is 4.79 Å². The van der Waals surface area contributed by atoms with Crippen molar-refractivity contribution in [3.8, 4) is 5.75 Å². The Morgan fingerprint density at radius 1 is 1.44 bits per heavy atom. The minimum atomic E-state index is 0.232. The third kappa shape index (κ3) is 1.80. The van der Waals surface area contributed by atoms with Gasteiger partial charge in [-0.15, -0.1) is 0 Å². The molecule has 0 bridgehead atoms. The lowest BCUT2D eigenvalue weighted by atomic mass is 9.81. The highest BCUT2D eigenvalue weighted by atomic mass is 16.5. The van der Waals surface area contributed by atoms with Gasteiger partial charge in [0.25, 0.3) is 0 Å². The van der Waals surface area contributed by atoms with Gasteiger partial charge in [-0.05, 0) is 18.1 Å². The number of benzene rings is 1. The number of carbonyl (C=O) groups is 1. The molecule has 1 aliphatic carbocycles. The van der Waals surface area contributed by atoms with E-state index in [1.807, 2.05) is 24.4 Å². The van der Waals surface area contributed by atoms with Crippen molar-refractivity contribution >= 4 is 16.7 Å². The van der Waals surface area contributed by atoms with Gasteiger partial charge in [-0.25, -0.2) is 0 Å². The molecule has 18 heavy (non-hydrogen) atoms. The van der Waals surface area contributed by atoms with Crippen molar-refractivity contribution in [2.45, 2.75) is 25.7 Å². The van der Waals surface area contributed by atoms with Crippen molar-refractivity contribution < 1.29 is 9.53 Å². The van der Waals surface area contributed by atoms with Gasteiger partial charge in [0.1, 0.15) is 5.75 Å².